The van der Waals surface area contributed by atoms with Crippen molar-refractivity contribution < 1.29 is 8.83 Å². The van der Waals surface area contributed by atoms with Gasteiger partial charge in [0.15, 0.2) is 17.5 Å². The predicted octanol–water partition coefficient (Wildman–Crippen LogP) is 11.0. The van der Waals surface area contributed by atoms with Crippen molar-refractivity contribution in [1.82, 2.24) is 15.0 Å². The van der Waals surface area contributed by atoms with E-state index in [2.05, 4.69) is 68.4 Å². The molecule has 3 heterocycles. The Morgan fingerprint density at radius 3 is 1.70 bits per heavy atom. The second kappa shape index (κ2) is 9.47. The van der Waals surface area contributed by atoms with E-state index < -0.39 is 0 Å². The first kappa shape index (κ1) is 26.2. The molecular weight excluding hydrogens is 578 g/mol. The third-order valence-electron chi connectivity index (χ3n) is 9.73. The normalized spacial score (nSPS) is 13.5. The van der Waals surface area contributed by atoms with Crippen molar-refractivity contribution in [1.29, 1.82) is 0 Å². The number of hydrogen-bond acceptors (Lipinski definition) is 5. The molecule has 0 fully saturated rings. The maximum Gasteiger partial charge on any atom is 0.164 e. The van der Waals surface area contributed by atoms with Gasteiger partial charge in [-0.15, -0.1) is 0 Å². The number of benzene rings is 6. The summed E-state index contributed by atoms with van der Waals surface area (Å²) in [7, 11) is 0. The van der Waals surface area contributed by atoms with Gasteiger partial charge in [0.25, 0.3) is 0 Å². The molecule has 0 unspecified atom stereocenters. The van der Waals surface area contributed by atoms with Crippen molar-refractivity contribution >= 4 is 43.9 Å². The Morgan fingerprint density at radius 1 is 0.404 bits per heavy atom. The van der Waals surface area contributed by atoms with E-state index in [9.17, 15) is 0 Å². The van der Waals surface area contributed by atoms with Gasteiger partial charge in [-0.2, -0.15) is 0 Å². The van der Waals surface area contributed by atoms with Crippen LogP contribution in [0.4, 0.5) is 0 Å². The number of aromatic nitrogens is 3. The predicted molar refractivity (Wildman–Crippen MR) is 188 cm³/mol. The van der Waals surface area contributed by atoms with Gasteiger partial charge >= 0.3 is 0 Å². The summed E-state index contributed by atoms with van der Waals surface area (Å²) in [6, 6.07) is 43.8. The van der Waals surface area contributed by atoms with Gasteiger partial charge in [-0.05, 0) is 76.9 Å². The van der Waals surface area contributed by atoms with E-state index in [0.717, 1.165) is 60.6 Å². The van der Waals surface area contributed by atoms with Gasteiger partial charge in [-0.3, -0.25) is 0 Å². The van der Waals surface area contributed by atoms with Crippen LogP contribution in [0.25, 0.3) is 89.2 Å². The Bertz CT molecular complexity index is 2720. The molecule has 0 saturated heterocycles. The van der Waals surface area contributed by atoms with Gasteiger partial charge < -0.3 is 8.83 Å². The fourth-order valence-corrected chi connectivity index (χ4v) is 7.33. The Labute approximate surface area is 270 Å². The molecule has 5 heteroatoms. The summed E-state index contributed by atoms with van der Waals surface area (Å²) in [6.07, 6.45) is 0. The number of hydrogen-bond donors (Lipinski definition) is 0. The van der Waals surface area contributed by atoms with Gasteiger partial charge in [0, 0.05) is 43.7 Å². The fourth-order valence-electron chi connectivity index (χ4n) is 7.33. The molecule has 9 aromatic rings. The minimum atomic E-state index is -0.0921. The molecule has 0 atom stereocenters. The van der Waals surface area contributed by atoms with Crippen molar-refractivity contribution in [2.75, 3.05) is 0 Å². The second-order valence-electron chi connectivity index (χ2n) is 12.9. The Balaban J connectivity index is 1.17. The largest absolute Gasteiger partial charge is 0.456 e. The van der Waals surface area contributed by atoms with Gasteiger partial charge in [0.05, 0.1) is 0 Å². The average molecular weight is 606 g/mol. The number of furan rings is 2. The minimum Gasteiger partial charge on any atom is -0.456 e. The van der Waals surface area contributed by atoms with Crippen LogP contribution in [0, 0.1) is 0 Å². The molecule has 1 aliphatic carbocycles. The molecule has 1 aliphatic rings. The Kier molecular flexibility index (Phi) is 5.28. The smallest absolute Gasteiger partial charge is 0.164 e. The molecule has 0 N–H and O–H groups in total. The fraction of sp³-hybridized carbons (Fsp3) is 0.0714. The van der Waals surface area contributed by atoms with E-state index in [4.69, 9.17) is 23.8 Å². The molecule has 0 saturated carbocycles. The van der Waals surface area contributed by atoms with Gasteiger partial charge in [-0.1, -0.05) is 86.6 Å². The van der Waals surface area contributed by atoms with Crippen LogP contribution in [-0.2, 0) is 5.41 Å². The van der Waals surface area contributed by atoms with Crippen LogP contribution in [-0.4, -0.2) is 15.0 Å². The molecule has 222 valence electrons. The Hall–Kier alpha value is -6.07. The van der Waals surface area contributed by atoms with Crippen molar-refractivity contribution in [3.05, 3.63) is 139 Å². The highest BCUT2D eigenvalue weighted by Gasteiger charge is 2.36. The van der Waals surface area contributed by atoms with Crippen LogP contribution in [0.3, 0.4) is 0 Å². The van der Waals surface area contributed by atoms with E-state index in [1.807, 2.05) is 72.8 Å². The molecule has 0 bridgehead atoms. The maximum absolute atomic E-state index is 6.45. The highest BCUT2D eigenvalue weighted by atomic mass is 16.3. The van der Waals surface area contributed by atoms with E-state index in [1.54, 1.807) is 0 Å². The summed E-state index contributed by atoms with van der Waals surface area (Å²) >= 11 is 0. The quantitative estimate of drug-likeness (QED) is 0.200. The van der Waals surface area contributed by atoms with Gasteiger partial charge in [0.2, 0.25) is 0 Å². The minimum absolute atomic E-state index is 0.0921. The molecule has 0 aliphatic heterocycles. The van der Waals surface area contributed by atoms with Crippen LogP contribution >= 0.6 is 0 Å². The summed E-state index contributed by atoms with van der Waals surface area (Å²) in [5.74, 6) is 1.83. The summed E-state index contributed by atoms with van der Waals surface area (Å²) in [5, 5.41) is 4.22. The molecule has 0 amide bonds. The van der Waals surface area contributed by atoms with E-state index in [0.29, 0.717) is 17.5 Å². The molecule has 6 aromatic carbocycles. The third kappa shape index (κ3) is 3.86. The maximum atomic E-state index is 6.45. The average Bonchev–Trinajstić information content (AvgIpc) is 3.74. The molecule has 0 spiro atoms. The van der Waals surface area contributed by atoms with Crippen LogP contribution in [0.2, 0.25) is 0 Å². The number of nitrogens with zero attached hydrogens (tertiary/aromatic N) is 3. The van der Waals surface area contributed by atoms with Crippen molar-refractivity contribution in [2.45, 2.75) is 19.3 Å². The molecule has 10 rings (SSSR count). The highest BCUT2D eigenvalue weighted by Crippen LogP contribution is 2.50. The number of fused-ring (bicyclic) bond motifs is 9. The lowest BCUT2D eigenvalue weighted by Gasteiger charge is -2.21. The van der Waals surface area contributed by atoms with E-state index in [-0.39, 0.29) is 5.41 Å². The third-order valence-corrected chi connectivity index (χ3v) is 9.73. The first-order valence-electron chi connectivity index (χ1n) is 15.9. The van der Waals surface area contributed by atoms with Crippen LogP contribution < -0.4 is 0 Å². The summed E-state index contributed by atoms with van der Waals surface area (Å²) in [6.45, 7) is 4.58. The lowest BCUT2D eigenvalue weighted by molar-refractivity contribution is 0.647. The SMILES string of the molecule is CC1(C)c2ccccc2-c2cc3c(cc21)oc1ccc(-c2nc(-c4ccccc4)nc(-c4ccc5oc6ccccc6c5c4)n2)cc13. The van der Waals surface area contributed by atoms with E-state index in [1.165, 1.54) is 22.3 Å². The summed E-state index contributed by atoms with van der Waals surface area (Å²) in [5.41, 5.74) is 11.3. The van der Waals surface area contributed by atoms with Gasteiger partial charge in [-0.25, -0.2) is 15.0 Å². The topological polar surface area (TPSA) is 65.0 Å². The van der Waals surface area contributed by atoms with Crippen LogP contribution in [0.1, 0.15) is 25.0 Å². The van der Waals surface area contributed by atoms with Gasteiger partial charge in [0.1, 0.15) is 22.3 Å². The van der Waals surface area contributed by atoms with E-state index >= 15 is 0 Å². The molecule has 47 heavy (non-hydrogen) atoms. The van der Waals surface area contributed by atoms with Crippen molar-refractivity contribution in [2.24, 2.45) is 0 Å². The first-order chi connectivity index (χ1) is 23.0. The van der Waals surface area contributed by atoms with Crippen molar-refractivity contribution in [3.8, 4) is 45.3 Å². The monoisotopic (exact) mass is 605 g/mol. The van der Waals surface area contributed by atoms with Crippen LogP contribution in [0.5, 0.6) is 0 Å². The molecule has 3 aromatic heterocycles. The van der Waals surface area contributed by atoms with Crippen LogP contribution in [0.15, 0.2) is 136 Å². The zero-order valence-corrected chi connectivity index (χ0v) is 25.8. The second-order valence-corrected chi connectivity index (χ2v) is 12.9. The zero-order chi connectivity index (χ0) is 31.3. The standard InChI is InChI=1S/C42H27N3O2/c1-42(2)33-14-8-6-12-27(33)29-22-32-31-21-26(17-19-37(31)47-38(32)23-34(29)42)41-44-39(24-10-4-3-5-11-24)43-40(45-41)25-16-18-36-30(20-25)28-13-7-9-15-35(28)46-36/h3-23H,1-2H3. The number of rotatable bonds is 3. The lowest BCUT2D eigenvalue weighted by Crippen LogP contribution is -2.14. The molecule has 0 radical (unpaired) electrons. The summed E-state index contributed by atoms with van der Waals surface area (Å²) in [4.78, 5) is 15.0. The highest BCUT2D eigenvalue weighted by molar-refractivity contribution is 6.09. The first-order valence-corrected chi connectivity index (χ1v) is 15.9. The number of para-hydroxylation sites is 1. The van der Waals surface area contributed by atoms with Crippen molar-refractivity contribution in [3.63, 3.8) is 0 Å². The molecular formula is C42H27N3O2. The lowest BCUT2D eigenvalue weighted by atomic mass is 9.82. The molecule has 5 nitrogen and oxygen atoms in total. The summed E-state index contributed by atoms with van der Waals surface area (Å²) < 4.78 is 12.5. The zero-order valence-electron chi connectivity index (χ0n) is 25.8. The Morgan fingerprint density at radius 2 is 0.957 bits per heavy atom.